The molecule has 0 saturated heterocycles. The predicted octanol–water partition coefficient (Wildman–Crippen LogP) is 5.13. The third-order valence-electron chi connectivity index (χ3n) is 4.39. The summed E-state index contributed by atoms with van der Waals surface area (Å²) < 4.78 is 5.30. The molecule has 0 radical (unpaired) electrons. The number of hydroxylamine groups is 1. The van der Waals surface area contributed by atoms with Crippen LogP contribution in [0.3, 0.4) is 0 Å². The third-order valence-corrected chi connectivity index (χ3v) is 4.39. The largest absolute Gasteiger partial charge is 0.508 e. The lowest BCUT2D eigenvalue weighted by Crippen LogP contribution is -2.24. The fourth-order valence-electron chi connectivity index (χ4n) is 2.89. The van der Waals surface area contributed by atoms with Crippen LogP contribution in [-0.2, 0) is 11.2 Å². The van der Waals surface area contributed by atoms with Gasteiger partial charge in [0.2, 0.25) is 5.91 Å². The summed E-state index contributed by atoms with van der Waals surface area (Å²) in [6, 6.07) is 8.66. The van der Waals surface area contributed by atoms with Gasteiger partial charge in [-0.15, -0.1) is 0 Å². The van der Waals surface area contributed by atoms with E-state index in [1.807, 2.05) is 19.1 Å². The number of carbonyl (C=O) groups excluding carboxylic acids is 1. The molecule has 0 atom stereocenters. The van der Waals surface area contributed by atoms with Gasteiger partial charge in [-0.25, -0.2) is 0 Å². The van der Waals surface area contributed by atoms with E-state index in [0.717, 1.165) is 28.7 Å². The Morgan fingerprint density at radius 3 is 2.46 bits per heavy atom. The summed E-state index contributed by atoms with van der Waals surface area (Å²) in [5.41, 5.74) is 5.48. The summed E-state index contributed by atoms with van der Waals surface area (Å²) in [7, 11) is 1.48. The second-order valence-corrected chi connectivity index (χ2v) is 6.91. The molecule has 0 aliphatic carbocycles. The smallest absolute Gasteiger partial charge is 0.247 e. The zero-order valence-electron chi connectivity index (χ0n) is 17.0. The van der Waals surface area contributed by atoms with Crippen molar-refractivity contribution in [3.8, 4) is 11.5 Å². The van der Waals surface area contributed by atoms with Gasteiger partial charge in [-0.05, 0) is 73.7 Å². The number of benzene rings is 2. The molecule has 0 bridgehead atoms. The quantitative estimate of drug-likeness (QED) is 0.315. The van der Waals surface area contributed by atoms with E-state index in [-0.39, 0.29) is 11.4 Å². The lowest BCUT2D eigenvalue weighted by Gasteiger charge is -2.16. The van der Waals surface area contributed by atoms with Crippen LogP contribution in [0.4, 0.5) is 5.69 Å². The number of anilines is 1. The number of rotatable bonds is 6. The third kappa shape index (κ3) is 5.24. The number of nitrogens with zero attached hydrogens (tertiary/aromatic N) is 1. The number of phenolic OH excluding ortho intramolecular Hbond substituents is 1. The van der Waals surface area contributed by atoms with Crippen LogP contribution < -0.4 is 9.80 Å². The minimum Gasteiger partial charge on any atom is -0.508 e. The van der Waals surface area contributed by atoms with Crippen molar-refractivity contribution in [1.82, 2.24) is 0 Å². The number of phenols is 1. The molecule has 0 aliphatic rings. The van der Waals surface area contributed by atoms with Gasteiger partial charge in [0.05, 0.1) is 7.11 Å². The maximum Gasteiger partial charge on any atom is 0.247 e. The van der Waals surface area contributed by atoms with Crippen LogP contribution in [0.2, 0.25) is 0 Å². The average Bonchev–Trinajstić information content (AvgIpc) is 2.64. The molecule has 2 N–H and O–H groups in total. The van der Waals surface area contributed by atoms with Crippen molar-refractivity contribution in [2.24, 2.45) is 0 Å². The van der Waals surface area contributed by atoms with Crippen molar-refractivity contribution in [2.45, 2.75) is 34.1 Å². The number of amides is 1. The fraction of sp³-hybridized carbons (Fsp3) is 0.261. The Morgan fingerprint density at radius 1 is 1.14 bits per heavy atom. The number of hydrogen-bond donors (Lipinski definition) is 2. The number of carbonyl (C=O) groups is 1. The van der Waals surface area contributed by atoms with Crippen molar-refractivity contribution in [1.29, 1.82) is 0 Å². The highest BCUT2D eigenvalue weighted by molar-refractivity contribution is 5.91. The first-order valence-electron chi connectivity index (χ1n) is 9.04. The summed E-state index contributed by atoms with van der Waals surface area (Å²) in [6.45, 7) is 7.38. The molecule has 0 saturated carbocycles. The lowest BCUT2D eigenvalue weighted by atomic mass is 9.96. The highest BCUT2D eigenvalue weighted by atomic mass is 16.5. The van der Waals surface area contributed by atoms with E-state index in [2.05, 4.69) is 19.9 Å². The Kier molecular flexibility index (Phi) is 7.01. The summed E-state index contributed by atoms with van der Waals surface area (Å²) in [4.78, 5) is 11.4. The fourth-order valence-corrected chi connectivity index (χ4v) is 2.89. The first-order chi connectivity index (χ1) is 13.2. The van der Waals surface area contributed by atoms with Crippen LogP contribution in [0.1, 0.15) is 43.0 Å². The Hall–Kier alpha value is -3.05. The molecule has 2 aromatic rings. The van der Waals surface area contributed by atoms with Gasteiger partial charge in [-0.3, -0.25) is 10.0 Å². The molecule has 2 aromatic carbocycles. The molecule has 0 unspecified atom stereocenters. The number of allylic oxidation sites excluding steroid dienone is 2. The highest BCUT2D eigenvalue weighted by Crippen LogP contribution is 2.30. The van der Waals surface area contributed by atoms with E-state index in [4.69, 9.17) is 4.74 Å². The minimum atomic E-state index is -0.499. The van der Waals surface area contributed by atoms with E-state index >= 15 is 0 Å². The van der Waals surface area contributed by atoms with E-state index in [1.54, 1.807) is 30.3 Å². The van der Waals surface area contributed by atoms with E-state index in [1.165, 1.54) is 19.6 Å². The van der Waals surface area contributed by atoms with Crippen LogP contribution in [-0.4, -0.2) is 23.3 Å². The average molecular weight is 381 g/mol. The zero-order valence-corrected chi connectivity index (χ0v) is 17.0. The Bertz CT molecular complexity index is 924. The topological polar surface area (TPSA) is 70.0 Å². The molecular weight excluding hydrogens is 354 g/mol. The molecule has 0 heterocycles. The number of aromatic hydroxyl groups is 1. The van der Waals surface area contributed by atoms with Crippen LogP contribution in [0.5, 0.6) is 11.5 Å². The molecule has 5 nitrogen and oxygen atoms in total. The van der Waals surface area contributed by atoms with Crippen LogP contribution in [0, 0.1) is 6.92 Å². The van der Waals surface area contributed by atoms with E-state index in [0.29, 0.717) is 10.8 Å². The summed E-state index contributed by atoms with van der Waals surface area (Å²) >= 11 is 0. The summed E-state index contributed by atoms with van der Waals surface area (Å²) in [5.74, 6) is 0.112. The van der Waals surface area contributed by atoms with Crippen molar-refractivity contribution >= 4 is 23.7 Å². The summed E-state index contributed by atoms with van der Waals surface area (Å²) in [5, 5.41) is 20.4. The SMILES string of the molecule is COc1cc(/C=C/c2cc(O)cc(C)c2CC=C(C)C)ccc1N(O)C(C)=O. The molecule has 2 rings (SSSR count). The molecular formula is C23H27NO4. The minimum absolute atomic E-state index is 0.225. The van der Waals surface area contributed by atoms with Crippen LogP contribution in [0.25, 0.3) is 12.2 Å². The van der Waals surface area contributed by atoms with Gasteiger partial charge in [0.15, 0.2) is 0 Å². The number of hydrogen-bond acceptors (Lipinski definition) is 4. The van der Waals surface area contributed by atoms with Crippen molar-refractivity contribution in [3.05, 3.63) is 64.2 Å². The van der Waals surface area contributed by atoms with Crippen LogP contribution in [0.15, 0.2) is 42.0 Å². The standard InChI is InChI=1S/C23H27NO4/c1-15(2)6-10-21-16(3)12-20(26)14-19(21)9-7-18-8-11-22(23(13-18)28-5)24(27)17(4)25/h6-9,11-14,26-27H,10H2,1-5H3/b9-7+. The second-order valence-electron chi connectivity index (χ2n) is 6.91. The Balaban J connectivity index is 2.40. The van der Waals surface area contributed by atoms with Crippen molar-refractivity contribution in [3.63, 3.8) is 0 Å². The second kappa shape index (κ2) is 9.24. The molecule has 0 aromatic heterocycles. The van der Waals surface area contributed by atoms with Gasteiger partial charge in [0.1, 0.15) is 17.2 Å². The maximum absolute atomic E-state index is 11.4. The maximum atomic E-state index is 11.4. The summed E-state index contributed by atoms with van der Waals surface area (Å²) in [6.07, 6.45) is 6.79. The molecule has 0 spiro atoms. The molecule has 0 fully saturated rings. The predicted molar refractivity (Wildman–Crippen MR) is 113 cm³/mol. The van der Waals surface area contributed by atoms with Crippen LogP contribution >= 0.6 is 0 Å². The van der Waals surface area contributed by atoms with Gasteiger partial charge in [0.25, 0.3) is 0 Å². The van der Waals surface area contributed by atoms with Crippen molar-refractivity contribution in [2.75, 3.05) is 12.2 Å². The zero-order chi connectivity index (χ0) is 20.8. The molecule has 0 aliphatic heterocycles. The first kappa shape index (κ1) is 21.3. The number of aryl methyl sites for hydroxylation is 1. The van der Waals surface area contributed by atoms with Gasteiger partial charge in [0, 0.05) is 6.92 Å². The number of methoxy groups -OCH3 is 1. The Labute approximate surface area is 166 Å². The van der Waals surface area contributed by atoms with Gasteiger partial charge in [-0.1, -0.05) is 29.9 Å². The normalized spacial score (nSPS) is 10.8. The first-order valence-corrected chi connectivity index (χ1v) is 9.04. The van der Waals surface area contributed by atoms with Gasteiger partial charge in [-0.2, -0.15) is 5.06 Å². The molecule has 148 valence electrons. The molecule has 28 heavy (non-hydrogen) atoms. The Morgan fingerprint density at radius 2 is 1.86 bits per heavy atom. The molecule has 1 amide bonds. The van der Waals surface area contributed by atoms with Gasteiger partial charge >= 0.3 is 0 Å². The lowest BCUT2D eigenvalue weighted by molar-refractivity contribution is -0.121. The number of ether oxygens (including phenoxy) is 1. The highest BCUT2D eigenvalue weighted by Gasteiger charge is 2.14. The van der Waals surface area contributed by atoms with Gasteiger partial charge < -0.3 is 9.84 Å². The van der Waals surface area contributed by atoms with E-state index < -0.39 is 5.91 Å². The van der Waals surface area contributed by atoms with Crippen molar-refractivity contribution < 1.29 is 19.8 Å². The van der Waals surface area contributed by atoms with E-state index in [9.17, 15) is 15.1 Å². The molecule has 5 heteroatoms. The monoisotopic (exact) mass is 381 g/mol.